The summed E-state index contributed by atoms with van der Waals surface area (Å²) in [5.74, 6) is -0.262. The van der Waals surface area contributed by atoms with Crippen molar-refractivity contribution in [1.29, 1.82) is 0 Å². The van der Waals surface area contributed by atoms with Crippen LogP contribution in [0.3, 0.4) is 0 Å². The summed E-state index contributed by atoms with van der Waals surface area (Å²) in [7, 11) is 3.22. The van der Waals surface area contributed by atoms with E-state index in [2.05, 4.69) is 11.8 Å². The number of rotatable bonds is 4. The lowest BCUT2D eigenvalue weighted by Gasteiger charge is -2.26. The fourth-order valence-corrected chi connectivity index (χ4v) is 2.88. The maximum Gasteiger partial charge on any atom is 0.338 e. The van der Waals surface area contributed by atoms with E-state index >= 15 is 0 Å². The van der Waals surface area contributed by atoms with E-state index in [-0.39, 0.29) is 11.6 Å². The van der Waals surface area contributed by atoms with Crippen molar-refractivity contribution in [2.45, 2.75) is 38.3 Å². The first-order chi connectivity index (χ1) is 10.1. The lowest BCUT2D eigenvalue weighted by Crippen LogP contribution is -2.30. The number of methoxy groups -OCH3 is 2. The van der Waals surface area contributed by atoms with E-state index in [4.69, 9.17) is 9.47 Å². The third-order valence-electron chi connectivity index (χ3n) is 4.45. The Labute approximate surface area is 127 Å². The molecule has 1 fully saturated rings. The first-order valence-electron chi connectivity index (χ1n) is 7.52. The fraction of sp³-hybridized carbons (Fsp3) is 0.588. The third kappa shape index (κ3) is 4.05. The summed E-state index contributed by atoms with van der Waals surface area (Å²) in [6, 6.07) is 7.68. The van der Waals surface area contributed by atoms with Gasteiger partial charge in [-0.05, 0) is 44.4 Å². The summed E-state index contributed by atoms with van der Waals surface area (Å²) in [5, 5.41) is 0. The van der Waals surface area contributed by atoms with Gasteiger partial charge >= 0.3 is 5.97 Å². The fourth-order valence-electron chi connectivity index (χ4n) is 2.88. The molecule has 21 heavy (non-hydrogen) atoms. The highest BCUT2D eigenvalue weighted by Crippen LogP contribution is 2.26. The molecule has 2 rings (SSSR count). The molecular formula is C17H25NO3. The van der Waals surface area contributed by atoms with Crippen molar-refractivity contribution in [2.75, 3.05) is 27.3 Å². The topological polar surface area (TPSA) is 38.8 Å². The zero-order valence-corrected chi connectivity index (χ0v) is 13.2. The second-order valence-corrected chi connectivity index (χ2v) is 5.93. The van der Waals surface area contributed by atoms with Gasteiger partial charge in [0.2, 0.25) is 0 Å². The molecule has 0 spiro atoms. The van der Waals surface area contributed by atoms with E-state index in [9.17, 15) is 4.79 Å². The Bertz CT molecular complexity index is 489. The van der Waals surface area contributed by atoms with Gasteiger partial charge in [-0.25, -0.2) is 4.79 Å². The predicted octanol–water partition coefficient (Wildman–Crippen LogP) is 2.86. The average molecular weight is 291 g/mol. The van der Waals surface area contributed by atoms with Gasteiger partial charge in [-0.15, -0.1) is 0 Å². The van der Waals surface area contributed by atoms with Gasteiger partial charge in [-0.2, -0.15) is 0 Å². The Kier molecular flexibility index (Phi) is 5.37. The maximum atomic E-state index is 11.8. The minimum absolute atomic E-state index is 0.0172. The molecule has 1 saturated heterocycles. The molecule has 4 nitrogen and oxygen atoms in total. The minimum atomic E-state index is -0.262. The van der Waals surface area contributed by atoms with Crippen molar-refractivity contribution in [3.05, 3.63) is 35.4 Å². The second-order valence-electron chi connectivity index (χ2n) is 5.93. The van der Waals surface area contributed by atoms with Crippen LogP contribution in [0.25, 0.3) is 0 Å². The number of hydrogen-bond acceptors (Lipinski definition) is 4. The van der Waals surface area contributed by atoms with Crippen LogP contribution in [0, 0.1) is 0 Å². The molecule has 0 saturated carbocycles. The molecule has 1 atom stereocenters. The molecule has 0 bridgehead atoms. The molecule has 0 aromatic heterocycles. The standard InChI is InChI=1S/C17H25NO3/c1-17(21-3)9-6-11-18(12-10-17)13-14-7-4-5-8-15(14)16(19)20-2/h4-5,7-8H,6,9-13H2,1-3H3. The number of esters is 1. The van der Waals surface area contributed by atoms with Crippen LogP contribution in [0.2, 0.25) is 0 Å². The number of hydrogen-bond donors (Lipinski definition) is 0. The molecular weight excluding hydrogens is 266 g/mol. The number of carbonyl (C=O) groups is 1. The summed E-state index contributed by atoms with van der Waals surface area (Å²) in [4.78, 5) is 14.2. The normalized spacial score (nSPS) is 23.6. The molecule has 1 aromatic rings. The highest BCUT2D eigenvalue weighted by atomic mass is 16.5. The summed E-state index contributed by atoms with van der Waals surface area (Å²) >= 11 is 0. The highest BCUT2D eigenvalue weighted by molar-refractivity contribution is 5.90. The lowest BCUT2D eigenvalue weighted by molar-refractivity contribution is -0.00585. The van der Waals surface area contributed by atoms with Crippen LogP contribution in [0.15, 0.2) is 24.3 Å². The molecule has 1 heterocycles. The Hall–Kier alpha value is -1.39. The van der Waals surface area contributed by atoms with Crippen molar-refractivity contribution in [3.8, 4) is 0 Å². The molecule has 1 aliphatic rings. The molecule has 1 aliphatic heterocycles. The van der Waals surface area contributed by atoms with Gasteiger partial charge < -0.3 is 9.47 Å². The van der Waals surface area contributed by atoms with E-state index in [0.29, 0.717) is 5.56 Å². The Morgan fingerprint density at radius 2 is 2.00 bits per heavy atom. The molecule has 116 valence electrons. The average Bonchev–Trinajstić information content (AvgIpc) is 2.70. The van der Waals surface area contributed by atoms with Crippen LogP contribution in [0.1, 0.15) is 42.1 Å². The van der Waals surface area contributed by atoms with Crippen molar-refractivity contribution in [2.24, 2.45) is 0 Å². The highest BCUT2D eigenvalue weighted by Gasteiger charge is 2.27. The number of ether oxygens (including phenoxy) is 2. The molecule has 1 unspecified atom stereocenters. The zero-order chi connectivity index (χ0) is 15.3. The van der Waals surface area contributed by atoms with Gasteiger partial charge in [0.15, 0.2) is 0 Å². The van der Waals surface area contributed by atoms with E-state index in [1.807, 2.05) is 24.3 Å². The van der Waals surface area contributed by atoms with E-state index in [0.717, 1.165) is 44.5 Å². The van der Waals surface area contributed by atoms with Crippen molar-refractivity contribution in [3.63, 3.8) is 0 Å². The molecule has 4 heteroatoms. The number of likely N-dealkylation sites (tertiary alicyclic amines) is 1. The van der Waals surface area contributed by atoms with Gasteiger partial charge in [0, 0.05) is 20.2 Å². The molecule has 0 radical (unpaired) electrons. The Balaban J connectivity index is 2.07. The van der Waals surface area contributed by atoms with Crippen molar-refractivity contribution in [1.82, 2.24) is 4.90 Å². The summed E-state index contributed by atoms with van der Waals surface area (Å²) in [6.07, 6.45) is 3.22. The summed E-state index contributed by atoms with van der Waals surface area (Å²) < 4.78 is 10.5. The van der Waals surface area contributed by atoms with Gasteiger partial charge in [0.1, 0.15) is 0 Å². The minimum Gasteiger partial charge on any atom is -0.465 e. The largest absolute Gasteiger partial charge is 0.465 e. The van der Waals surface area contributed by atoms with Crippen LogP contribution in [-0.2, 0) is 16.0 Å². The lowest BCUT2D eigenvalue weighted by atomic mass is 9.97. The van der Waals surface area contributed by atoms with Crippen LogP contribution >= 0.6 is 0 Å². The molecule has 1 aromatic carbocycles. The molecule has 0 aliphatic carbocycles. The van der Waals surface area contributed by atoms with Gasteiger partial charge in [-0.3, -0.25) is 4.90 Å². The summed E-state index contributed by atoms with van der Waals surface area (Å²) in [6.45, 7) is 4.98. The van der Waals surface area contributed by atoms with E-state index < -0.39 is 0 Å². The van der Waals surface area contributed by atoms with Crippen molar-refractivity contribution >= 4 is 5.97 Å². The zero-order valence-electron chi connectivity index (χ0n) is 13.2. The predicted molar refractivity (Wildman–Crippen MR) is 82.3 cm³/mol. The Morgan fingerprint density at radius 1 is 1.24 bits per heavy atom. The monoisotopic (exact) mass is 291 g/mol. The van der Waals surface area contributed by atoms with E-state index in [1.165, 1.54) is 7.11 Å². The number of nitrogens with zero attached hydrogens (tertiary/aromatic N) is 1. The van der Waals surface area contributed by atoms with Crippen molar-refractivity contribution < 1.29 is 14.3 Å². The SMILES string of the molecule is COC(=O)c1ccccc1CN1CCCC(C)(OC)CC1. The van der Waals surface area contributed by atoms with E-state index in [1.54, 1.807) is 7.11 Å². The second kappa shape index (κ2) is 7.05. The first kappa shape index (κ1) is 16.0. The van der Waals surface area contributed by atoms with Crippen LogP contribution < -0.4 is 0 Å². The Morgan fingerprint density at radius 3 is 2.71 bits per heavy atom. The third-order valence-corrected chi connectivity index (χ3v) is 4.45. The number of benzene rings is 1. The van der Waals surface area contributed by atoms with Gasteiger partial charge in [0.05, 0.1) is 18.3 Å². The number of carbonyl (C=O) groups excluding carboxylic acids is 1. The van der Waals surface area contributed by atoms with Gasteiger partial charge in [0.25, 0.3) is 0 Å². The smallest absolute Gasteiger partial charge is 0.338 e. The molecule has 0 N–H and O–H groups in total. The van der Waals surface area contributed by atoms with Crippen LogP contribution in [0.4, 0.5) is 0 Å². The van der Waals surface area contributed by atoms with Crippen LogP contribution in [-0.4, -0.2) is 43.8 Å². The van der Waals surface area contributed by atoms with Crippen LogP contribution in [0.5, 0.6) is 0 Å². The van der Waals surface area contributed by atoms with Gasteiger partial charge in [-0.1, -0.05) is 18.2 Å². The molecule has 0 amide bonds. The first-order valence-corrected chi connectivity index (χ1v) is 7.52. The quantitative estimate of drug-likeness (QED) is 0.800. The maximum absolute atomic E-state index is 11.8. The summed E-state index contributed by atoms with van der Waals surface area (Å²) in [5.41, 5.74) is 1.68.